The number of H-pyrrole nitrogens is 1. The second kappa shape index (κ2) is 7.95. The predicted octanol–water partition coefficient (Wildman–Crippen LogP) is 6.41. The maximum absolute atomic E-state index is 13.2. The Hall–Kier alpha value is -1.95. The topological polar surface area (TPSA) is 28.7 Å². The Morgan fingerprint density at radius 2 is 1.92 bits per heavy atom. The average Bonchev–Trinajstić information content (AvgIpc) is 2.87. The number of nitrogens with zero attached hydrogens (tertiary/aromatic N) is 1. The van der Waals surface area contributed by atoms with E-state index in [1.54, 1.807) is 32.5 Å². The molecule has 2 aromatic rings. The van der Waals surface area contributed by atoms with Gasteiger partial charge in [-0.05, 0) is 38.7 Å². The summed E-state index contributed by atoms with van der Waals surface area (Å²) in [5.41, 5.74) is 1.69. The Labute approximate surface area is 150 Å². The Bertz CT molecular complexity index is 797. The summed E-state index contributed by atoms with van der Waals surface area (Å²) in [6, 6.07) is 7.74. The van der Waals surface area contributed by atoms with Crippen LogP contribution in [0.4, 0.5) is 13.2 Å². The normalized spacial score (nSPS) is 12.4. The Balaban J connectivity index is 2.50. The zero-order chi connectivity index (χ0) is 18.6. The summed E-state index contributed by atoms with van der Waals surface area (Å²) in [4.78, 5) is 8.57. The summed E-state index contributed by atoms with van der Waals surface area (Å²) >= 11 is 1.67. The lowest BCUT2D eigenvalue weighted by Gasteiger charge is -2.08. The van der Waals surface area contributed by atoms with Gasteiger partial charge in [0.15, 0.2) is 0 Å². The lowest BCUT2D eigenvalue weighted by Crippen LogP contribution is -2.10. The molecule has 1 aromatic carbocycles. The molecule has 2 nitrogen and oxygen atoms in total. The quantitative estimate of drug-likeness (QED) is 0.489. The van der Waals surface area contributed by atoms with Gasteiger partial charge in [0, 0.05) is 16.2 Å². The monoisotopic (exact) mass is 366 g/mol. The van der Waals surface area contributed by atoms with E-state index in [1.807, 2.05) is 24.3 Å². The average molecular weight is 366 g/mol. The van der Waals surface area contributed by atoms with E-state index < -0.39 is 11.7 Å². The van der Waals surface area contributed by atoms with Crippen molar-refractivity contribution in [2.75, 3.05) is 5.75 Å². The van der Waals surface area contributed by atoms with Gasteiger partial charge in [0.2, 0.25) is 0 Å². The number of benzene rings is 1. The van der Waals surface area contributed by atoms with Crippen LogP contribution in [0.25, 0.3) is 17.5 Å². The first-order valence-electron chi connectivity index (χ1n) is 7.95. The highest BCUT2D eigenvalue weighted by molar-refractivity contribution is 7.99. The fourth-order valence-electron chi connectivity index (χ4n) is 2.35. The van der Waals surface area contributed by atoms with E-state index in [0.29, 0.717) is 22.8 Å². The number of aromatic amines is 1. The Morgan fingerprint density at radius 1 is 1.24 bits per heavy atom. The molecule has 0 fully saturated rings. The van der Waals surface area contributed by atoms with Gasteiger partial charge in [-0.15, -0.1) is 11.8 Å². The van der Waals surface area contributed by atoms with Crippen LogP contribution in [0.2, 0.25) is 0 Å². The van der Waals surface area contributed by atoms with Crippen LogP contribution in [0.15, 0.2) is 46.4 Å². The molecule has 0 saturated carbocycles. The fraction of sp³-hybridized carbons (Fsp3) is 0.316. The van der Waals surface area contributed by atoms with Crippen molar-refractivity contribution in [2.45, 2.75) is 38.8 Å². The summed E-state index contributed by atoms with van der Waals surface area (Å²) in [5.74, 6) is 1.49. The van der Waals surface area contributed by atoms with Crippen molar-refractivity contribution in [3.05, 3.63) is 52.9 Å². The van der Waals surface area contributed by atoms with Crippen molar-refractivity contribution in [2.24, 2.45) is 0 Å². The van der Waals surface area contributed by atoms with Crippen molar-refractivity contribution in [3.8, 4) is 11.4 Å². The molecule has 0 bridgehead atoms. The summed E-state index contributed by atoms with van der Waals surface area (Å²) in [7, 11) is 0. The molecule has 6 heteroatoms. The molecule has 1 heterocycles. The third-order valence-corrected chi connectivity index (χ3v) is 4.38. The largest absolute Gasteiger partial charge is 0.416 e. The summed E-state index contributed by atoms with van der Waals surface area (Å²) in [6.45, 7) is 7.06. The van der Waals surface area contributed by atoms with Gasteiger partial charge >= 0.3 is 6.18 Å². The van der Waals surface area contributed by atoms with E-state index in [4.69, 9.17) is 0 Å². The van der Waals surface area contributed by atoms with Crippen molar-refractivity contribution in [1.29, 1.82) is 0 Å². The molecule has 0 aliphatic heterocycles. The van der Waals surface area contributed by atoms with Gasteiger partial charge in [0.05, 0.1) is 11.3 Å². The van der Waals surface area contributed by atoms with E-state index in [-0.39, 0.29) is 0 Å². The lowest BCUT2D eigenvalue weighted by atomic mass is 10.1. The number of aryl methyl sites for hydroxylation is 1. The number of alkyl halides is 3. The fourth-order valence-corrected chi connectivity index (χ4v) is 3.16. The third-order valence-electron chi connectivity index (χ3n) is 3.43. The SMILES string of the molecule is CCSc1ccccc1-c1nc(/C=C(\C=C(C)C)C(F)(F)F)c(C)[nH]1. The number of hydrogen-bond donors (Lipinski definition) is 1. The number of aromatic nitrogens is 2. The lowest BCUT2D eigenvalue weighted by molar-refractivity contribution is -0.0873. The van der Waals surface area contributed by atoms with Crippen LogP contribution in [0, 0.1) is 6.92 Å². The highest BCUT2D eigenvalue weighted by Gasteiger charge is 2.32. The van der Waals surface area contributed by atoms with E-state index >= 15 is 0 Å². The zero-order valence-electron chi connectivity index (χ0n) is 14.7. The molecule has 0 saturated heterocycles. The zero-order valence-corrected chi connectivity index (χ0v) is 15.5. The highest BCUT2D eigenvalue weighted by Crippen LogP contribution is 2.32. The molecule has 1 aromatic heterocycles. The second-order valence-corrected chi connectivity index (χ2v) is 7.15. The van der Waals surface area contributed by atoms with Crippen molar-refractivity contribution < 1.29 is 13.2 Å². The first-order chi connectivity index (χ1) is 11.7. The molecule has 0 unspecified atom stereocenters. The maximum Gasteiger partial charge on any atom is 0.416 e. The number of nitrogens with one attached hydrogen (secondary N) is 1. The van der Waals surface area contributed by atoms with Crippen LogP contribution < -0.4 is 0 Å². The van der Waals surface area contributed by atoms with Crippen molar-refractivity contribution in [3.63, 3.8) is 0 Å². The van der Waals surface area contributed by atoms with Gasteiger partial charge in [0.1, 0.15) is 5.82 Å². The number of halogens is 3. The number of allylic oxidation sites excluding steroid dienone is 3. The van der Waals surface area contributed by atoms with Crippen LogP contribution in [0.3, 0.4) is 0 Å². The second-order valence-electron chi connectivity index (χ2n) is 5.84. The number of imidazole rings is 1. The summed E-state index contributed by atoms with van der Waals surface area (Å²) in [6.07, 6.45) is -2.19. The Kier molecular flexibility index (Phi) is 6.16. The predicted molar refractivity (Wildman–Crippen MR) is 98.6 cm³/mol. The minimum atomic E-state index is -4.42. The molecular formula is C19H21F3N2S. The van der Waals surface area contributed by atoms with Crippen LogP contribution in [0.5, 0.6) is 0 Å². The van der Waals surface area contributed by atoms with Gasteiger partial charge in [-0.2, -0.15) is 13.2 Å². The first-order valence-corrected chi connectivity index (χ1v) is 8.93. The Morgan fingerprint density at radius 3 is 2.52 bits per heavy atom. The minimum absolute atomic E-state index is 0.302. The van der Waals surface area contributed by atoms with E-state index in [2.05, 4.69) is 16.9 Å². The van der Waals surface area contributed by atoms with Gasteiger partial charge < -0.3 is 4.98 Å². The molecular weight excluding hydrogens is 345 g/mol. The van der Waals surface area contributed by atoms with Crippen LogP contribution in [-0.2, 0) is 0 Å². The molecule has 0 atom stereocenters. The molecule has 1 N–H and O–H groups in total. The highest BCUT2D eigenvalue weighted by atomic mass is 32.2. The minimum Gasteiger partial charge on any atom is -0.342 e. The first kappa shape index (κ1) is 19.4. The number of rotatable bonds is 5. The van der Waals surface area contributed by atoms with E-state index in [9.17, 15) is 13.2 Å². The molecule has 2 rings (SSSR count). The third kappa shape index (κ3) is 5.01. The molecule has 0 radical (unpaired) electrons. The van der Waals surface area contributed by atoms with Gasteiger partial charge in [0.25, 0.3) is 0 Å². The summed E-state index contributed by atoms with van der Waals surface area (Å²) < 4.78 is 39.7. The van der Waals surface area contributed by atoms with E-state index in [0.717, 1.165) is 28.4 Å². The van der Waals surface area contributed by atoms with Crippen molar-refractivity contribution in [1.82, 2.24) is 9.97 Å². The van der Waals surface area contributed by atoms with Crippen LogP contribution in [-0.4, -0.2) is 21.9 Å². The van der Waals surface area contributed by atoms with Crippen molar-refractivity contribution >= 4 is 17.8 Å². The molecule has 0 amide bonds. The number of thioether (sulfide) groups is 1. The molecule has 134 valence electrons. The standard InChI is InChI=1S/C19H21F3N2S/c1-5-25-17-9-7-6-8-15(17)18-23-13(4)16(24-18)11-14(10-12(2)3)19(20,21)22/h6-11H,5H2,1-4H3,(H,23,24)/b14-11+. The van der Waals surface area contributed by atoms with E-state index in [1.165, 1.54) is 0 Å². The molecule has 0 aliphatic rings. The smallest absolute Gasteiger partial charge is 0.342 e. The molecule has 25 heavy (non-hydrogen) atoms. The number of hydrogen-bond acceptors (Lipinski definition) is 2. The van der Waals surface area contributed by atoms with Crippen LogP contribution >= 0.6 is 11.8 Å². The molecule has 0 spiro atoms. The van der Waals surface area contributed by atoms with Crippen LogP contribution in [0.1, 0.15) is 32.2 Å². The van der Waals surface area contributed by atoms with Gasteiger partial charge in [-0.1, -0.05) is 36.8 Å². The van der Waals surface area contributed by atoms with Gasteiger partial charge in [-0.3, -0.25) is 0 Å². The summed E-state index contributed by atoms with van der Waals surface area (Å²) in [5, 5.41) is 0. The van der Waals surface area contributed by atoms with Gasteiger partial charge in [-0.25, -0.2) is 4.98 Å². The maximum atomic E-state index is 13.2. The molecule has 0 aliphatic carbocycles.